The standard InChI is InChI=1S/C20H28N4O2S/c1-19(2)11-13(12-20(3,4)23-19)21-16(25)9-10-24-17(26)14-7-5-6-8-15(14)22-18(24)27/h5-8,13,23H,9-12H2,1-4H3,(H,21,25)(H,22,27). The van der Waals surface area contributed by atoms with Gasteiger partial charge in [0.05, 0.1) is 10.9 Å². The molecule has 1 aliphatic rings. The summed E-state index contributed by atoms with van der Waals surface area (Å²) in [6.45, 7) is 8.88. The Labute approximate surface area is 164 Å². The van der Waals surface area contributed by atoms with Crippen LogP contribution in [0, 0.1) is 4.77 Å². The molecule has 1 aromatic carbocycles. The van der Waals surface area contributed by atoms with Gasteiger partial charge in [-0.1, -0.05) is 12.1 Å². The number of carbonyl (C=O) groups excluding carboxylic acids is 1. The molecule has 0 saturated carbocycles. The number of piperidine rings is 1. The molecule has 0 atom stereocenters. The Hall–Kier alpha value is -1.99. The monoisotopic (exact) mass is 388 g/mol. The van der Waals surface area contributed by atoms with Crippen LogP contribution < -0.4 is 16.2 Å². The topological polar surface area (TPSA) is 78.9 Å². The average Bonchev–Trinajstić information content (AvgIpc) is 2.51. The van der Waals surface area contributed by atoms with Gasteiger partial charge < -0.3 is 15.6 Å². The molecule has 2 heterocycles. The summed E-state index contributed by atoms with van der Waals surface area (Å²) in [4.78, 5) is 28.2. The van der Waals surface area contributed by atoms with Crippen LogP contribution in [-0.2, 0) is 11.3 Å². The van der Waals surface area contributed by atoms with Crippen LogP contribution in [0.15, 0.2) is 29.1 Å². The molecule has 146 valence electrons. The molecular weight excluding hydrogens is 360 g/mol. The van der Waals surface area contributed by atoms with E-state index in [1.807, 2.05) is 18.2 Å². The largest absolute Gasteiger partial charge is 0.353 e. The maximum atomic E-state index is 12.7. The number of fused-ring (bicyclic) bond motifs is 1. The van der Waals surface area contributed by atoms with Crippen molar-refractivity contribution in [1.29, 1.82) is 0 Å². The Morgan fingerprint density at radius 2 is 1.85 bits per heavy atom. The minimum absolute atomic E-state index is 0.0300. The minimum atomic E-state index is -0.161. The second kappa shape index (κ2) is 7.20. The van der Waals surface area contributed by atoms with E-state index in [4.69, 9.17) is 12.2 Å². The summed E-state index contributed by atoms with van der Waals surface area (Å²) < 4.78 is 1.81. The third kappa shape index (κ3) is 4.65. The van der Waals surface area contributed by atoms with Gasteiger partial charge in [-0.15, -0.1) is 0 Å². The van der Waals surface area contributed by atoms with Gasteiger partial charge in [-0.3, -0.25) is 14.2 Å². The van der Waals surface area contributed by atoms with Crippen molar-refractivity contribution in [2.45, 2.75) is 70.6 Å². The highest BCUT2D eigenvalue weighted by Crippen LogP contribution is 2.28. The van der Waals surface area contributed by atoms with Crippen LogP contribution >= 0.6 is 12.2 Å². The number of hydrogen-bond donors (Lipinski definition) is 3. The number of para-hydroxylation sites is 1. The predicted molar refractivity (Wildman–Crippen MR) is 110 cm³/mol. The molecule has 3 N–H and O–H groups in total. The number of nitrogens with zero attached hydrogens (tertiary/aromatic N) is 1. The second-order valence-electron chi connectivity index (χ2n) is 8.75. The zero-order valence-electron chi connectivity index (χ0n) is 16.4. The fourth-order valence-corrected chi connectivity index (χ4v) is 4.62. The zero-order valence-corrected chi connectivity index (χ0v) is 17.2. The smallest absolute Gasteiger partial charge is 0.262 e. The first-order valence-corrected chi connectivity index (χ1v) is 9.78. The van der Waals surface area contributed by atoms with E-state index in [1.165, 1.54) is 4.57 Å². The fraction of sp³-hybridized carbons (Fsp3) is 0.550. The van der Waals surface area contributed by atoms with Crippen LogP contribution in [0.2, 0.25) is 0 Å². The molecule has 1 aliphatic heterocycles. The number of carbonyl (C=O) groups is 1. The Balaban J connectivity index is 1.69. The zero-order chi connectivity index (χ0) is 19.8. The third-order valence-electron chi connectivity index (χ3n) is 5.01. The quantitative estimate of drug-likeness (QED) is 0.704. The van der Waals surface area contributed by atoms with Gasteiger partial charge in [0.25, 0.3) is 5.56 Å². The van der Waals surface area contributed by atoms with Crippen LogP contribution in [0.4, 0.5) is 0 Å². The molecule has 1 saturated heterocycles. The van der Waals surface area contributed by atoms with E-state index in [2.05, 4.69) is 43.3 Å². The summed E-state index contributed by atoms with van der Waals surface area (Å²) in [5, 5.41) is 7.33. The normalized spacial score (nSPS) is 19.1. The number of benzene rings is 1. The molecule has 0 aliphatic carbocycles. The lowest BCUT2D eigenvalue weighted by molar-refractivity contribution is -0.122. The Morgan fingerprint density at radius 1 is 1.22 bits per heavy atom. The van der Waals surface area contributed by atoms with Crippen molar-refractivity contribution in [1.82, 2.24) is 20.2 Å². The van der Waals surface area contributed by atoms with Crippen molar-refractivity contribution in [3.05, 3.63) is 39.4 Å². The molecule has 27 heavy (non-hydrogen) atoms. The third-order valence-corrected chi connectivity index (χ3v) is 5.33. The van der Waals surface area contributed by atoms with Gasteiger partial charge in [0.2, 0.25) is 5.91 Å². The number of aromatic amines is 1. The van der Waals surface area contributed by atoms with Crippen molar-refractivity contribution in [3.63, 3.8) is 0 Å². The maximum Gasteiger partial charge on any atom is 0.262 e. The lowest BCUT2D eigenvalue weighted by Crippen LogP contribution is -2.62. The van der Waals surface area contributed by atoms with Crippen molar-refractivity contribution < 1.29 is 4.79 Å². The SMILES string of the molecule is CC1(C)CC(NC(=O)CCn2c(=S)[nH]c3ccccc3c2=O)CC(C)(C)N1. The molecule has 0 unspecified atom stereocenters. The highest BCUT2D eigenvalue weighted by atomic mass is 32.1. The molecule has 0 spiro atoms. The van der Waals surface area contributed by atoms with Gasteiger partial charge in [-0.05, 0) is 64.9 Å². The van der Waals surface area contributed by atoms with E-state index in [9.17, 15) is 9.59 Å². The molecule has 0 bridgehead atoms. The van der Waals surface area contributed by atoms with Gasteiger partial charge >= 0.3 is 0 Å². The summed E-state index contributed by atoms with van der Waals surface area (Å²) in [6.07, 6.45) is 1.97. The van der Waals surface area contributed by atoms with Gasteiger partial charge in [-0.2, -0.15) is 0 Å². The average molecular weight is 389 g/mol. The lowest BCUT2D eigenvalue weighted by Gasteiger charge is -2.46. The first kappa shape index (κ1) is 19.8. The Bertz CT molecular complexity index is 958. The van der Waals surface area contributed by atoms with Crippen LogP contribution in [0.5, 0.6) is 0 Å². The van der Waals surface area contributed by atoms with Crippen molar-refractivity contribution in [2.75, 3.05) is 0 Å². The van der Waals surface area contributed by atoms with E-state index in [0.29, 0.717) is 15.7 Å². The molecule has 0 radical (unpaired) electrons. The predicted octanol–water partition coefficient (Wildman–Crippen LogP) is 2.87. The van der Waals surface area contributed by atoms with E-state index >= 15 is 0 Å². The number of rotatable bonds is 4. The molecule has 2 aromatic rings. The number of H-pyrrole nitrogens is 1. The molecule has 6 nitrogen and oxygen atoms in total. The Kier molecular flexibility index (Phi) is 5.27. The second-order valence-corrected chi connectivity index (χ2v) is 9.13. The summed E-state index contributed by atoms with van der Waals surface area (Å²) in [7, 11) is 0. The van der Waals surface area contributed by atoms with Crippen LogP contribution in [-0.4, -0.2) is 32.6 Å². The highest BCUT2D eigenvalue weighted by molar-refractivity contribution is 7.71. The highest BCUT2D eigenvalue weighted by Gasteiger charge is 2.38. The van der Waals surface area contributed by atoms with Gasteiger partial charge in [-0.25, -0.2) is 0 Å². The lowest BCUT2D eigenvalue weighted by atomic mass is 9.79. The number of nitrogens with one attached hydrogen (secondary N) is 3. The van der Waals surface area contributed by atoms with E-state index in [1.54, 1.807) is 6.07 Å². The molecule has 1 aromatic heterocycles. The molecule has 1 amide bonds. The van der Waals surface area contributed by atoms with Crippen LogP contribution in [0.1, 0.15) is 47.0 Å². The molecule has 1 fully saturated rings. The first-order valence-electron chi connectivity index (χ1n) is 9.37. The fourth-order valence-electron chi connectivity index (χ4n) is 4.34. The number of amides is 1. The number of aromatic nitrogens is 2. The maximum absolute atomic E-state index is 12.7. The van der Waals surface area contributed by atoms with Crippen molar-refractivity contribution >= 4 is 29.0 Å². The van der Waals surface area contributed by atoms with Crippen molar-refractivity contribution in [2.24, 2.45) is 0 Å². The molecular formula is C20H28N4O2S. The minimum Gasteiger partial charge on any atom is -0.353 e. The molecule has 3 rings (SSSR count). The van der Waals surface area contributed by atoms with Gasteiger partial charge in [0.1, 0.15) is 0 Å². The summed E-state index contributed by atoms with van der Waals surface area (Å²) in [5.74, 6) is -0.0528. The summed E-state index contributed by atoms with van der Waals surface area (Å²) in [5.41, 5.74) is 0.494. The van der Waals surface area contributed by atoms with Gasteiger partial charge in [0.15, 0.2) is 4.77 Å². The first-order chi connectivity index (χ1) is 12.6. The number of hydrogen-bond acceptors (Lipinski definition) is 4. The molecule has 7 heteroatoms. The van der Waals surface area contributed by atoms with E-state index in [-0.39, 0.29) is 41.6 Å². The van der Waals surface area contributed by atoms with Crippen LogP contribution in [0.25, 0.3) is 10.9 Å². The summed E-state index contributed by atoms with van der Waals surface area (Å²) in [6, 6.07) is 7.38. The van der Waals surface area contributed by atoms with Gasteiger partial charge in [0, 0.05) is 30.1 Å². The van der Waals surface area contributed by atoms with E-state index < -0.39 is 0 Å². The van der Waals surface area contributed by atoms with Crippen LogP contribution in [0.3, 0.4) is 0 Å². The van der Waals surface area contributed by atoms with Crippen molar-refractivity contribution in [3.8, 4) is 0 Å². The summed E-state index contributed by atoms with van der Waals surface area (Å²) >= 11 is 5.31. The Morgan fingerprint density at radius 3 is 2.52 bits per heavy atom. The van der Waals surface area contributed by atoms with E-state index in [0.717, 1.165) is 12.8 Å².